The summed E-state index contributed by atoms with van der Waals surface area (Å²) in [5.41, 5.74) is 5.75. The quantitative estimate of drug-likeness (QED) is 0.631. The van der Waals surface area contributed by atoms with Crippen molar-refractivity contribution in [2.24, 2.45) is 0 Å². The Hall–Kier alpha value is -2.68. The number of aromatic nitrogens is 3. The molecule has 1 heterocycles. The van der Waals surface area contributed by atoms with Crippen molar-refractivity contribution in [3.8, 4) is 11.3 Å². The van der Waals surface area contributed by atoms with Gasteiger partial charge < -0.3 is 0 Å². The van der Waals surface area contributed by atoms with Crippen molar-refractivity contribution in [2.45, 2.75) is 38.6 Å². The molecular weight excluding hydrogens is 306 g/mol. The molecule has 0 bridgehead atoms. The summed E-state index contributed by atoms with van der Waals surface area (Å²) in [4.78, 5) is 1.88. The zero-order valence-corrected chi connectivity index (χ0v) is 14.6. The molecule has 126 valence electrons. The van der Waals surface area contributed by atoms with Crippen LogP contribution in [0.2, 0.25) is 0 Å². The van der Waals surface area contributed by atoms with E-state index in [4.69, 9.17) is 10.2 Å². The van der Waals surface area contributed by atoms with Crippen molar-refractivity contribution < 1.29 is 0 Å². The van der Waals surface area contributed by atoms with E-state index in [9.17, 15) is 0 Å². The highest BCUT2D eigenvalue weighted by atomic mass is 15.5. The average Bonchev–Trinajstić information content (AvgIpc) is 3.15. The minimum atomic E-state index is 0.113. The van der Waals surface area contributed by atoms with Crippen molar-refractivity contribution in [3.63, 3.8) is 0 Å². The molecule has 0 spiro atoms. The lowest BCUT2D eigenvalue weighted by molar-refractivity contribution is 0.493. The fourth-order valence-corrected chi connectivity index (χ4v) is 3.42. The van der Waals surface area contributed by atoms with Crippen molar-refractivity contribution in [1.82, 2.24) is 15.0 Å². The zero-order chi connectivity index (χ0) is 17.1. The molecule has 25 heavy (non-hydrogen) atoms. The van der Waals surface area contributed by atoms with Crippen LogP contribution in [-0.2, 0) is 0 Å². The second-order valence-electron chi connectivity index (χ2n) is 6.65. The standard InChI is InChI=1S/C22H23N3/c1-17(18-11-5-2-6-12-18)25-23-21(19-13-7-3-8-14-19)22(24-25)20-15-9-4-10-16-20/h2-3,5-8,11-15,17H,4,9-10,16H2,1H3. The predicted molar refractivity (Wildman–Crippen MR) is 102 cm³/mol. The maximum absolute atomic E-state index is 4.92. The Balaban J connectivity index is 1.79. The minimum absolute atomic E-state index is 0.113. The van der Waals surface area contributed by atoms with E-state index in [-0.39, 0.29) is 6.04 Å². The van der Waals surface area contributed by atoms with Crippen LogP contribution in [0, 0.1) is 0 Å². The van der Waals surface area contributed by atoms with E-state index >= 15 is 0 Å². The summed E-state index contributed by atoms with van der Waals surface area (Å²) in [5, 5.41) is 9.82. The molecule has 0 aliphatic heterocycles. The van der Waals surface area contributed by atoms with Crippen LogP contribution in [0.4, 0.5) is 0 Å². The minimum Gasteiger partial charge on any atom is -0.176 e. The fourth-order valence-electron chi connectivity index (χ4n) is 3.42. The van der Waals surface area contributed by atoms with Crippen LogP contribution >= 0.6 is 0 Å². The monoisotopic (exact) mass is 329 g/mol. The maximum Gasteiger partial charge on any atom is 0.120 e. The molecule has 0 saturated heterocycles. The predicted octanol–water partition coefficient (Wildman–Crippen LogP) is 5.51. The lowest BCUT2D eigenvalue weighted by atomic mass is 9.95. The van der Waals surface area contributed by atoms with E-state index in [1.165, 1.54) is 24.0 Å². The first-order valence-electron chi connectivity index (χ1n) is 9.09. The number of nitrogens with zero attached hydrogens (tertiary/aromatic N) is 3. The molecule has 0 radical (unpaired) electrons. The van der Waals surface area contributed by atoms with E-state index in [1.54, 1.807) is 0 Å². The summed E-state index contributed by atoms with van der Waals surface area (Å²) in [6.07, 6.45) is 7.10. The molecule has 1 aromatic heterocycles. The number of benzene rings is 2. The second kappa shape index (κ2) is 7.06. The van der Waals surface area contributed by atoms with Gasteiger partial charge in [0.2, 0.25) is 0 Å². The molecule has 0 N–H and O–H groups in total. The molecule has 3 heteroatoms. The normalized spacial score (nSPS) is 15.6. The average molecular weight is 329 g/mol. The number of hydrogen-bond donors (Lipinski definition) is 0. The smallest absolute Gasteiger partial charge is 0.120 e. The number of rotatable bonds is 4. The van der Waals surface area contributed by atoms with Crippen LogP contribution in [-0.4, -0.2) is 15.0 Å². The highest BCUT2D eigenvalue weighted by molar-refractivity contribution is 5.76. The van der Waals surface area contributed by atoms with Gasteiger partial charge in [-0.25, -0.2) is 0 Å². The van der Waals surface area contributed by atoms with Crippen molar-refractivity contribution in [3.05, 3.63) is 78.0 Å². The highest BCUT2D eigenvalue weighted by Gasteiger charge is 2.20. The highest BCUT2D eigenvalue weighted by Crippen LogP contribution is 2.32. The molecule has 2 aromatic carbocycles. The Morgan fingerprint density at radius 1 is 0.840 bits per heavy atom. The number of allylic oxidation sites excluding steroid dienone is 2. The molecule has 0 amide bonds. The lowest BCUT2D eigenvalue weighted by Gasteiger charge is -2.12. The molecule has 0 fully saturated rings. The molecule has 1 atom stereocenters. The maximum atomic E-state index is 4.92. The van der Waals surface area contributed by atoms with Crippen LogP contribution in [0.1, 0.15) is 49.9 Å². The first-order valence-corrected chi connectivity index (χ1v) is 9.09. The fraction of sp³-hybridized carbons (Fsp3) is 0.273. The van der Waals surface area contributed by atoms with E-state index in [0.717, 1.165) is 29.8 Å². The first-order chi connectivity index (χ1) is 12.3. The summed E-state index contributed by atoms with van der Waals surface area (Å²) in [6, 6.07) is 21.0. The topological polar surface area (TPSA) is 30.7 Å². The van der Waals surface area contributed by atoms with E-state index in [0.29, 0.717) is 0 Å². The lowest BCUT2D eigenvalue weighted by Crippen LogP contribution is -2.10. The van der Waals surface area contributed by atoms with Gasteiger partial charge in [-0.05, 0) is 43.7 Å². The third-order valence-electron chi connectivity index (χ3n) is 4.90. The largest absolute Gasteiger partial charge is 0.176 e. The van der Waals surface area contributed by atoms with Crippen LogP contribution in [0.15, 0.2) is 66.7 Å². The molecule has 1 unspecified atom stereocenters. The van der Waals surface area contributed by atoms with Gasteiger partial charge in [0.05, 0.1) is 6.04 Å². The third-order valence-corrected chi connectivity index (χ3v) is 4.90. The molecule has 1 aliphatic carbocycles. The Bertz CT molecular complexity index is 863. The molecular formula is C22H23N3. The summed E-state index contributed by atoms with van der Waals surface area (Å²) < 4.78 is 0. The van der Waals surface area contributed by atoms with Crippen molar-refractivity contribution in [2.75, 3.05) is 0 Å². The molecule has 1 aliphatic rings. The summed E-state index contributed by atoms with van der Waals surface area (Å²) in [7, 11) is 0. The Morgan fingerprint density at radius 2 is 1.52 bits per heavy atom. The van der Waals surface area contributed by atoms with Crippen LogP contribution < -0.4 is 0 Å². The van der Waals surface area contributed by atoms with Gasteiger partial charge in [-0.15, -0.1) is 0 Å². The van der Waals surface area contributed by atoms with Crippen LogP contribution in [0.5, 0.6) is 0 Å². The van der Waals surface area contributed by atoms with Crippen molar-refractivity contribution >= 4 is 5.57 Å². The SMILES string of the molecule is CC(c1ccccc1)n1nc(C2=CCCCC2)c(-c2ccccc2)n1. The molecule has 3 nitrogen and oxygen atoms in total. The van der Waals surface area contributed by atoms with Gasteiger partial charge in [0.15, 0.2) is 0 Å². The first kappa shape index (κ1) is 15.8. The van der Waals surface area contributed by atoms with Gasteiger partial charge in [-0.1, -0.05) is 66.7 Å². The van der Waals surface area contributed by atoms with Gasteiger partial charge in [0.25, 0.3) is 0 Å². The molecule has 0 saturated carbocycles. The second-order valence-corrected chi connectivity index (χ2v) is 6.65. The van der Waals surface area contributed by atoms with Gasteiger partial charge in [-0.3, -0.25) is 0 Å². The zero-order valence-electron chi connectivity index (χ0n) is 14.6. The van der Waals surface area contributed by atoms with E-state index in [1.807, 2.05) is 16.9 Å². The number of hydrogen-bond acceptors (Lipinski definition) is 2. The Morgan fingerprint density at radius 3 is 2.20 bits per heavy atom. The molecule has 3 aromatic rings. The Labute approximate surface area is 149 Å². The molecule has 4 rings (SSSR count). The van der Waals surface area contributed by atoms with E-state index < -0.39 is 0 Å². The van der Waals surface area contributed by atoms with Gasteiger partial charge >= 0.3 is 0 Å². The summed E-state index contributed by atoms with van der Waals surface area (Å²) in [6.45, 7) is 2.16. The third kappa shape index (κ3) is 3.27. The Kier molecular flexibility index (Phi) is 4.47. The van der Waals surface area contributed by atoms with Gasteiger partial charge in [-0.2, -0.15) is 15.0 Å². The summed E-state index contributed by atoms with van der Waals surface area (Å²) >= 11 is 0. The van der Waals surface area contributed by atoms with Crippen LogP contribution in [0.25, 0.3) is 16.8 Å². The van der Waals surface area contributed by atoms with Crippen molar-refractivity contribution in [1.29, 1.82) is 0 Å². The van der Waals surface area contributed by atoms with Gasteiger partial charge in [0, 0.05) is 5.56 Å². The summed E-state index contributed by atoms with van der Waals surface area (Å²) in [5.74, 6) is 0. The van der Waals surface area contributed by atoms with Crippen LogP contribution in [0.3, 0.4) is 0 Å². The van der Waals surface area contributed by atoms with E-state index in [2.05, 4.69) is 61.5 Å². The van der Waals surface area contributed by atoms with Gasteiger partial charge in [0.1, 0.15) is 11.4 Å².